The monoisotopic (exact) mass is 279 g/mol. The molecule has 20 heavy (non-hydrogen) atoms. The third kappa shape index (κ3) is 8.45. The SMILES string of the molecule is CCC/C(=C\C(=C/CC(C)C)N(C)C(C)C)CC(C)C. The Morgan fingerprint density at radius 2 is 1.60 bits per heavy atom. The lowest BCUT2D eigenvalue weighted by Gasteiger charge is -2.26. The summed E-state index contributed by atoms with van der Waals surface area (Å²) >= 11 is 0. The maximum Gasteiger partial charge on any atom is 0.0325 e. The standard InChI is InChI=1S/C19H37N/c1-9-10-18(13-16(4)5)14-19(12-11-15(2)3)20(8)17(6)7/h12,14-17H,9-11,13H2,1-8H3/b18-14+,19-12+. The normalized spacial score (nSPS) is 13.8. The van der Waals surface area contributed by atoms with Crippen molar-refractivity contribution < 1.29 is 0 Å². The fraction of sp³-hybridized carbons (Fsp3) is 0.789. The van der Waals surface area contributed by atoms with Gasteiger partial charge in [-0.3, -0.25) is 0 Å². The first-order valence-corrected chi connectivity index (χ1v) is 8.40. The van der Waals surface area contributed by atoms with E-state index in [4.69, 9.17) is 0 Å². The topological polar surface area (TPSA) is 3.24 Å². The van der Waals surface area contributed by atoms with Gasteiger partial charge in [-0.2, -0.15) is 0 Å². The molecule has 0 aliphatic heterocycles. The lowest BCUT2D eigenvalue weighted by molar-refractivity contribution is 0.351. The lowest BCUT2D eigenvalue weighted by atomic mass is 9.97. The molecule has 0 unspecified atom stereocenters. The Bertz CT molecular complexity index is 308. The maximum absolute atomic E-state index is 2.45. The van der Waals surface area contributed by atoms with Gasteiger partial charge in [-0.05, 0) is 51.0 Å². The molecule has 0 radical (unpaired) electrons. The summed E-state index contributed by atoms with van der Waals surface area (Å²) < 4.78 is 0. The second-order valence-electron chi connectivity index (χ2n) is 7.11. The van der Waals surface area contributed by atoms with E-state index in [-0.39, 0.29) is 0 Å². The molecule has 1 heteroatoms. The minimum Gasteiger partial charge on any atom is -0.372 e. The van der Waals surface area contributed by atoms with E-state index in [0.29, 0.717) is 6.04 Å². The van der Waals surface area contributed by atoms with Gasteiger partial charge in [-0.15, -0.1) is 0 Å². The first kappa shape index (κ1) is 19.3. The first-order valence-electron chi connectivity index (χ1n) is 8.40. The van der Waals surface area contributed by atoms with E-state index in [1.54, 1.807) is 5.57 Å². The van der Waals surface area contributed by atoms with Crippen molar-refractivity contribution in [2.45, 2.75) is 80.2 Å². The van der Waals surface area contributed by atoms with Crippen LogP contribution in [0.25, 0.3) is 0 Å². The number of rotatable bonds is 9. The van der Waals surface area contributed by atoms with E-state index in [1.807, 2.05) is 0 Å². The van der Waals surface area contributed by atoms with E-state index in [9.17, 15) is 0 Å². The zero-order valence-electron chi connectivity index (χ0n) is 15.2. The second kappa shape index (κ2) is 10.1. The predicted molar refractivity (Wildman–Crippen MR) is 92.9 cm³/mol. The molecule has 0 atom stereocenters. The van der Waals surface area contributed by atoms with Crippen molar-refractivity contribution in [1.29, 1.82) is 0 Å². The fourth-order valence-corrected chi connectivity index (χ4v) is 2.25. The van der Waals surface area contributed by atoms with Crippen LogP contribution in [-0.4, -0.2) is 18.0 Å². The molecule has 0 fully saturated rings. The highest BCUT2D eigenvalue weighted by atomic mass is 15.1. The number of likely N-dealkylation sites (N-methyl/N-ethyl adjacent to an activating group) is 1. The summed E-state index contributed by atoms with van der Waals surface area (Å²) in [6, 6.07) is 0.548. The summed E-state index contributed by atoms with van der Waals surface area (Å²) in [6.07, 6.45) is 9.71. The van der Waals surface area contributed by atoms with Crippen LogP contribution in [0.3, 0.4) is 0 Å². The molecule has 0 aromatic carbocycles. The van der Waals surface area contributed by atoms with Crippen LogP contribution in [0, 0.1) is 11.8 Å². The van der Waals surface area contributed by atoms with Gasteiger partial charge in [0.1, 0.15) is 0 Å². The second-order valence-corrected chi connectivity index (χ2v) is 7.11. The number of hydrogen-bond donors (Lipinski definition) is 0. The molecule has 0 aliphatic rings. The quantitative estimate of drug-likeness (QED) is 0.466. The average Bonchev–Trinajstić information content (AvgIpc) is 2.32. The Balaban J connectivity index is 5.20. The fourth-order valence-electron chi connectivity index (χ4n) is 2.25. The number of nitrogens with zero attached hydrogens (tertiary/aromatic N) is 1. The highest BCUT2D eigenvalue weighted by Crippen LogP contribution is 2.21. The summed E-state index contributed by atoms with van der Waals surface area (Å²) in [5.74, 6) is 1.46. The van der Waals surface area contributed by atoms with Crippen LogP contribution >= 0.6 is 0 Å². The van der Waals surface area contributed by atoms with Crippen molar-refractivity contribution in [2.75, 3.05) is 7.05 Å². The molecule has 1 nitrogen and oxygen atoms in total. The van der Waals surface area contributed by atoms with Gasteiger partial charge < -0.3 is 4.90 Å². The van der Waals surface area contributed by atoms with Gasteiger partial charge in [-0.1, -0.05) is 52.7 Å². The van der Waals surface area contributed by atoms with E-state index < -0.39 is 0 Å². The van der Waals surface area contributed by atoms with Crippen LogP contribution < -0.4 is 0 Å². The van der Waals surface area contributed by atoms with E-state index in [1.165, 1.54) is 25.0 Å². The van der Waals surface area contributed by atoms with Crippen molar-refractivity contribution in [3.05, 3.63) is 23.4 Å². The van der Waals surface area contributed by atoms with E-state index >= 15 is 0 Å². The van der Waals surface area contributed by atoms with Gasteiger partial charge in [0.2, 0.25) is 0 Å². The molecular formula is C19H37N. The van der Waals surface area contributed by atoms with Crippen molar-refractivity contribution in [1.82, 2.24) is 4.90 Å². The van der Waals surface area contributed by atoms with Crippen LogP contribution in [0.4, 0.5) is 0 Å². The molecule has 0 aromatic heterocycles. The largest absolute Gasteiger partial charge is 0.372 e. The maximum atomic E-state index is 2.45. The Kier molecular flexibility index (Phi) is 9.71. The van der Waals surface area contributed by atoms with Crippen LogP contribution in [0.15, 0.2) is 23.4 Å². The molecule has 0 saturated carbocycles. The molecule has 0 amide bonds. The molecule has 0 N–H and O–H groups in total. The summed E-state index contributed by atoms with van der Waals surface area (Å²) in [4.78, 5) is 2.40. The summed E-state index contributed by atoms with van der Waals surface area (Å²) in [7, 11) is 2.21. The van der Waals surface area contributed by atoms with E-state index in [0.717, 1.165) is 18.3 Å². The average molecular weight is 280 g/mol. The molecule has 0 bridgehead atoms. The van der Waals surface area contributed by atoms with Crippen LogP contribution in [-0.2, 0) is 0 Å². The van der Waals surface area contributed by atoms with Crippen molar-refractivity contribution >= 4 is 0 Å². The molecule has 0 rings (SSSR count). The van der Waals surface area contributed by atoms with Crippen LogP contribution in [0.5, 0.6) is 0 Å². The molecule has 118 valence electrons. The van der Waals surface area contributed by atoms with Crippen LogP contribution in [0.1, 0.15) is 74.1 Å². The van der Waals surface area contributed by atoms with Gasteiger partial charge in [-0.25, -0.2) is 0 Å². The molecule has 0 aliphatic carbocycles. The smallest absolute Gasteiger partial charge is 0.0325 e. The summed E-state index contributed by atoms with van der Waals surface area (Å²) in [5, 5.41) is 0. The van der Waals surface area contributed by atoms with E-state index in [2.05, 4.69) is 72.6 Å². The third-order valence-corrected chi connectivity index (χ3v) is 3.57. The highest BCUT2D eigenvalue weighted by Gasteiger charge is 2.09. The first-order chi connectivity index (χ1) is 9.27. The van der Waals surface area contributed by atoms with Gasteiger partial charge in [0.05, 0.1) is 0 Å². The zero-order chi connectivity index (χ0) is 15.7. The molecule has 0 aromatic rings. The van der Waals surface area contributed by atoms with Gasteiger partial charge in [0.25, 0.3) is 0 Å². The van der Waals surface area contributed by atoms with Crippen LogP contribution in [0.2, 0.25) is 0 Å². The number of hydrogen-bond acceptors (Lipinski definition) is 1. The molecule has 0 spiro atoms. The predicted octanol–water partition coefficient (Wildman–Crippen LogP) is 6.03. The summed E-state index contributed by atoms with van der Waals surface area (Å²) in [6.45, 7) is 16.0. The minimum absolute atomic E-state index is 0.548. The highest BCUT2D eigenvalue weighted by molar-refractivity contribution is 5.23. The summed E-state index contributed by atoms with van der Waals surface area (Å²) in [5.41, 5.74) is 3.00. The Hall–Kier alpha value is -0.720. The van der Waals surface area contributed by atoms with Crippen molar-refractivity contribution in [3.8, 4) is 0 Å². The third-order valence-electron chi connectivity index (χ3n) is 3.57. The van der Waals surface area contributed by atoms with Crippen molar-refractivity contribution in [2.24, 2.45) is 11.8 Å². The van der Waals surface area contributed by atoms with Gasteiger partial charge in [0.15, 0.2) is 0 Å². The molecule has 0 saturated heterocycles. The van der Waals surface area contributed by atoms with Gasteiger partial charge in [0, 0.05) is 18.8 Å². The van der Waals surface area contributed by atoms with Crippen molar-refractivity contribution in [3.63, 3.8) is 0 Å². The Labute approximate surface area is 128 Å². The Morgan fingerprint density at radius 3 is 2.00 bits per heavy atom. The Morgan fingerprint density at radius 1 is 1.00 bits per heavy atom. The lowest BCUT2D eigenvalue weighted by Crippen LogP contribution is -2.25. The number of allylic oxidation sites excluding steroid dienone is 3. The minimum atomic E-state index is 0.548. The zero-order valence-corrected chi connectivity index (χ0v) is 15.2. The molecule has 0 heterocycles. The molecular weight excluding hydrogens is 242 g/mol. The van der Waals surface area contributed by atoms with Gasteiger partial charge >= 0.3 is 0 Å².